The zero-order chi connectivity index (χ0) is 14.6. The van der Waals surface area contributed by atoms with Crippen LogP contribution in [-0.4, -0.2) is 6.61 Å². The third-order valence-corrected chi connectivity index (χ3v) is 4.76. The molecule has 0 radical (unpaired) electrons. The van der Waals surface area contributed by atoms with Crippen LogP contribution in [0.3, 0.4) is 0 Å². The highest BCUT2D eigenvalue weighted by Gasteiger charge is 2.36. The van der Waals surface area contributed by atoms with Crippen LogP contribution >= 0.6 is 0 Å². The molecule has 2 N–H and O–H groups in total. The van der Waals surface area contributed by atoms with Gasteiger partial charge in [-0.1, -0.05) is 45.7 Å². The molecule has 0 bridgehead atoms. The molecule has 20 heavy (non-hydrogen) atoms. The van der Waals surface area contributed by atoms with Crippen LogP contribution in [0.25, 0.3) is 0 Å². The van der Waals surface area contributed by atoms with E-state index in [-0.39, 0.29) is 6.04 Å². The molecule has 2 rings (SSSR count). The maximum atomic E-state index is 6.55. The fraction of sp³-hybridized carbons (Fsp3) is 0.667. The number of hydrogen-bond acceptors (Lipinski definition) is 2. The van der Waals surface area contributed by atoms with Gasteiger partial charge in [-0.25, -0.2) is 0 Å². The summed E-state index contributed by atoms with van der Waals surface area (Å²) in [7, 11) is 0. The highest BCUT2D eigenvalue weighted by atomic mass is 16.5. The first-order valence-electron chi connectivity index (χ1n) is 8.03. The third-order valence-electron chi connectivity index (χ3n) is 4.76. The lowest BCUT2D eigenvalue weighted by Crippen LogP contribution is -2.36. The summed E-state index contributed by atoms with van der Waals surface area (Å²) in [5, 5.41) is 0. The van der Waals surface area contributed by atoms with E-state index in [4.69, 9.17) is 10.5 Å². The fourth-order valence-electron chi connectivity index (χ4n) is 3.43. The molecular formula is C18H29NO. The van der Waals surface area contributed by atoms with E-state index in [0.29, 0.717) is 11.3 Å². The predicted molar refractivity (Wildman–Crippen MR) is 84.9 cm³/mol. The normalized spacial score (nSPS) is 23.3. The molecule has 0 heterocycles. The van der Waals surface area contributed by atoms with E-state index in [9.17, 15) is 0 Å². The molecule has 1 aromatic rings. The minimum atomic E-state index is 0.144. The Kier molecular flexibility index (Phi) is 5.09. The SMILES string of the molecule is CCCOc1ccc(C(N)C2CCCCC2(C)C)cc1. The van der Waals surface area contributed by atoms with Gasteiger partial charge < -0.3 is 10.5 Å². The van der Waals surface area contributed by atoms with Gasteiger partial charge in [-0.15, -0.1) is 0 Å². The molecule has 2 nitrogen and oxygen atoms in total. The molecule has 2 unspecified atom stereocenters. The quantitative estimate of drug-likeness (QED) is 0.846. The summed E-state index contributed by atoms with van der Waals surface area (Å²) in [6.07, 6.45) is 6.25. The van der Waals surface area contributed by atoms with Gasteiger partial charge in [0.2, 0.25) is 0 Å². The Morgan fingerprint density at radius 1 is 1.25 bits per heavy atom. The van der Waals surface area contributed by atoms with Crippen molar-refractivity contribution in [3.63, 3.8) is 0 Å². The van der Waals surface area contributed by atoms with Gasteiger partial charge in [0.25, 0.3) is 0 Å². The number of benzene rings is 1. The number of ether oxygens (including phenoxy) is 1. The second-order valence-corrected chi connectivity index (χ2v) is 6.78. The molecule has 1 aliphatic rings. The molecule has 0 spiro atoms. The molecule has 1 saturated carbocycles. The summed E-state index contributed by atoms with van der Waals surface area (Å²) < 4.78 is 5.64. The van der Waals surface area contributed by atoms with Gasteiger partial charge in [-0.2, -0.15) is 0 Å². The Labute approximate surface area is 123 Å². The van der Waals surface area contributed by atoms with Crippen molar-refractivity contribution in [2.24, 2.45) is 17.1 Å². The van der Waals surface area contributed by atoms with Gasteiger partial charge >= 0.3 is 0 Å². The van der Waals surface area contributed by atoms with Crippen LogP contribution in [0.4, 0.5) is 0 Å². The Bertz CT molecular complexity index is 410. The number of hydrogen-bond donors (Lipinski definition) is 1. The van der Waals surface area contributed by atoms with E-state index in [2.05, 4.69) is 45.0 Å². The van der Waals surface area contributed by atoms with Crippen molar-refractivity contribution in [1.82, 2.24) is 0 Å². The van der Waals surface area contributed by atoms with E-state index in [1.807, 2.05) is 0 Å². The summed E-state index contributed by atoms with van der Waals surface area (Å²) in [4.78, 5) is 0. The first-order valence-corrected chi connectivity index (χ1v) is 8.03. The first kappa shape index (κ1) is 15.4. The molecule has 0 aromatic heterocycles. The molecule has 2 heteroatoms. The van der Waals surface area contributed by atoms with E-state index >= 15 is 0 Å². The lowest BCUT2D eigenvalue weighted by atomic mass is 9.65. The monoisotopic (exact) mass is 275 g/mol. The lowest BCUT2D eigenvalue weighted by Gasteiger charge is -2.42. The standard InChI is InChI=1S/C18H29NO/c1-4-13-20-15-10-8-14(9-11-15)17(19)16-7-5-6-12-18(16,2)3/h8-11,16-17H,4-7,12-13,19H2,1-3H3. The van der Waals surface area contributed by atoms with Gasteiger partial charge in [0.15, 0.2) is 0 Å². The summed E-state index contributed by atoms with van der Waals surface area (Å²) in [5.41, 5.74) is 8.16. The van der Waals surface area contributed by atoms with E-state index in [1.165, 1.54) is 31.2 Å². The second kappa shape index (κ2) is 6.62. The molecule has 1 aromatic carbocycles. The average molecular weight is 275 g/mol. The van der Waals surface area contributed by atoms with Crippen LogP contribution in [0.5, 0.6) is 5.75 Å². The van der Waals surface area contributed by atoms with Crippen LogP contribution in [0.15, 0.2) is 24.3 Å². The van der Waals surface area contributed by atoms with Crippen molar-refractivity contribution in [3.8, 4) is 5.75 Å². The molecule has 0 saturated heterocycles. The van der Waals surface area contributed by atoms with Gasteiger partial charge in [-0.05, 0) is 48.3 Å². The maximum Gasteiger partial charge on any atom is 0.119 e. The molecule has 0 amide bonds. The van der Waals surface area contributed by atoms with Crippen LogP contribution in [0.2, 0.25) is 0 Å². The number of nitrogens with two attached hydrogens (primary N) is 1. The van der Waals surface area contributed by atoms with Gasteiger partial charge in [0, 0.05) is 6.04 Å². The van der Waals surface area contributed by atoms with Crippen molar-refractivity contribution in [1.29, 1.82) is 0 Å². The van der Waals surface area contributed by atoms with Crippen LogP contribution < -0.4 is 10.5 Å². The molecule has 1 fully saturated rings. The minimum Gasteiger partial charge on any atom is -0.494 e. The van der Waals surface area contributed by atoms with E-state index in [1.54, 1.807) is 0 Å². The van der Waals surface area contributed by atoms with Crippen molar-refractivity contribution < 1.29 is 4.74 Å². The molecule has 2 atom stereocenters. The Balaban J connectivity index is 2.06. The van der Waals surface area contributed by atoms with E-state index < -0.39 is 0 Å². The zero-order valence-electron chi connectivity index (χ0n) is 13.2. The van der Waals surface area contributed by atoms with Crippen LogP contribution in [-0.2, 0) is 0 Å². The molecular weight excluding hydrogens is 246 g/mol. The molecule has 1 aliphatic carbocycles. The topological polar surface area (TPSA) is 35.2 Å². The molecule has 0 aliphatic heterocycles. The van der Waals surface area contributed by atoms with E-state index in [0.717, 1.165) is 18.8 Å². The van der Waals surface area contributed by atoms with Crippen molar-refractivity contribution >= 4 is 0 Å². The predicted octanol–water partition coefficient (Wildman–Crippen LogP) is 4.69. The highest BCUT2D eigenvalue weighted by molar-refractivity contribution is 5.29. The third kappa shape index (κ3) is 3.54. The van der Waals surface area contributed by atoms with Crippen molar-refractivity contribution in [2.45, 2.75) is 58.9 Å². The van der Waals surface area contributed by atoms with Crippen LogP contribution in [0, 0.1) is 11.3 Å². The highest BCUT2D eigenvalue weighted by Crippen LogP contribution is 2.45. The first-order chi connectivity index (χ1) is 9.54. The Morgan fingerprint density at radius 3 is 2.55 bits per heavy atom. The average Bonchev–Trinajstić information content (AvgIpc) is 2.44. The van der Waals surface area contributed by atoms with Gasteiger partial charge in [-0.3, -0.25) is 0 Å². The minimum absolute atomic E-state index is 0.144. The maximum absolute atomic E-state index is 6.55. The summed E-state index contributed by atoms with van der Waals surface area (Å²) in [5.74, 6) is 1.53. The number of rotatable bonds is 5. The fourth-order valence-corrected chi connectivity index (χ4v) is 3.43. The second-order valence-electron chi connectivity index (χ2n) is 6.78. The smallest absolute Gasteiger partial charge is 0.119 e. The van der Waals surface area contributed by atoms with Crippen LogP contribution in [0.1, 0.15) is 64.5 Å². The zero-order valence-corrected chi connectivity index (χ0v) is 13.2. The van der Waals surface area contributed by atoms with Crippen molar-refractivity contribution in [3.05, 3.63) is 29.8 Å². The largest absolute Gasteiger partial charge is 0.494 e. The molecule has 112 valence electrons. The summed E-state index contributed by atoms with van der Waals surface area (Å²) in [6.45, 7) is 7.64. The lowest BCUT2D eigenvalue weighted by molar-refractivity contribution is 0.112. The summed E-state index contributed by atoms with van der Waals surface area (Å²) in [6, 6.07) is 8.53. The van der Waals surface area contributed by atoms with Gasteiger partial charge in [0.1, 0.15) is 5.75 Å². The summed E-state index contributed by atoms with van der Waals surface area (Å²) >= 11 is 0. The Morgan fingerprint density at radius 2 is 1.95 bits per heavy atom. The van der Waals surface area contributed by atoms with Crippen molar-refractivity contribution in [2.75, 3.05) is 6.61 Å². The van der Waals surface area contributed by atoms with Gasteiger partial charge in [0.05, 0.1) is 6.61 Å². The Hall–Kier alpha value is -1.02.